The summed E-state index contributed by atoms with van der Waals surface area (Å²) in [5.74, 6) is 0.517. The lowest BCUT2D eigenvalue weighted by molar-refractivity contribution is 0.346. The third-order valence-electron chi connectivity index (χ3n) is 3.91. The van der Waals surface area contributed by atoms with Crippen LogP contribution in [0, 0.1) is 0 Å². The maximum absolute atomic E-state index is 12.6. The van der Waals surface area contributed by atoms with Gasteiger partial charge in [-0.1, -0.05) is 12.5 Å². The van der Waals surface area contributed by atoms with Gasteiger partial charge in [0.15, 0.2) is 0 Å². The molecular weight excluding hydrogens is 344 g/mol. The molecule has 8 heteroatoms. The Morgan fingerprint density at radius 2 is 2.04 bits per heavy atom. The fraction of sp³-hybridized carbons (Fsp3) is 0.375. The molecule has 0 aliphatic carbocycles. The van der Waals surface area contributed by atoms with Crippen LogP contribution in [0.3, 0.4) is 0 Å². The number of aromatic nitrogens is 1. The zero-order valence-electron chi connectivity index (χ0n) is 13.5. The number of rotatable bonds is 5. The van der Waals surface area contributed by atoms with Crippen LogP contribution in [-0.2, 0) is 10.0 Å². The Morgan fingerprint density at radius 1 is 1.25 bits per heavy atom. The Hall–Kier alpha value is -1.77. The van der Waals surface area contributed by atoms with Gasteiger partial charge in [0, 0.05) is 24.2 Å². The number of piperidine rings is 1. The molecule has 1 N–H and O–H groups in total. The molecule has 0 spiro atoms. The molecule has 24 heavy (non-hydrogen) atoms. The van der Waals surface area contributed by atoms with Crippen LogP contribution in [0.2, 0.25) is 0 Å². The van der Waals surface area contributed by atoms with Gasteiger partial charge in [0.25, 0.3) is 0 Å². The predicted molar refractivity (Wildman–Crippen MR) is 97.0 cm³/mol. The minimum absolute atomic E-state index is 0.230. The molecule has 2 aromatic heterocycles. The van der Waals surface area contributed by atoms with Crippen LogP contribution in [0.1, 0.15) is 31.1 Å². The van der Waals surface area contributed by atoms with Crippen molar-refractivity contribution in [1.29, 1.82) is 0 Å². The van der Waals surface area contributed by atoms with Crippen molar-refractivity contribution in [3.63, 3.8) is 0 Å². The highest BCUT2D eigenvalue weighted by molar-refractivity contribution is 7.89. The molecule has 0 unspecified atom stereocenters. The first-order valence-electron chi connectivity index (χ1n) is 7.88. The van der Waals surface area contributed by atoms with Crippen LogP contribution < -0.4 is 5.43 Å². The Morgan fingerprint density at radius 3 is 2.67 bits per heavy atom. The lowest BCUT2D eigenvalue weighted by Gasteiger charge is -2.25. The van der Waals surface area contributed by atoms with Crippen molar-refractivity contribution in [2.75, 3.05) is 18.5 Å². The average molecular weight is 364 g/mol. The average Bonchev–Trinajstić information content (AvgIpc) is 3.15. The van der Waals surface area contributed by atoms with Crippen molar-refractivity contribution >= 4 is 32.9 Å². The highest BCUT2D eigenvalue weighted by Gasteiger charge is 2.26. The van der Waals surface area contributed by atoms with Gasteiger partial charge in [-0.2, -0.15) is 9.41 Å². The van der Waals surface area contributed by atoms with Crippen molar-refractivity contribution in [1.82, 2.24) is 9.29 Å². The molecule has 1 aliphatic heterocycles. The fourth-order valence-electron chi connectivity index (χ4n) is 2.53. The molecule has 0 amide bonds. The van der Waals surface area contributed by atoms with Gasteiger partial charge in [-0.3, -0.25) is 5.43 Å². The summed E-state index contributed by atoms with van der Waals surface area (Å²) in [6.45, 7) is 3.09. The van der Waals surface area contributed by atoms with Crippen LogP contribution in [0.5, 0.6) is 0 Å². The largest absolute Gasteiger partial charge is 0.261 e. The van der Waals surface area contributed by atoms with Gasteiger partial charge >= 0.3 is 0 Å². The van der Waals surface area contributed by atoms with E-state index >= 15 is 0 Å². The third kappa shape index (κ3) is 3.82. The van der Waals surface area contributed by atoms with Crippen LogP contribution in [0.15, 0.2) is 45.8 Å². The topological polar surface area (TPSA) is 74.7 Å². The number of nitrogens with zero attached hydrogens (tertiary/aromatic N) is 3. The van der Waals surface area contributed by atoms with Gasteiger partial charge in [0.1, 0.15) is 10.7 Å². The van der Waals surface area contributed by atoms with E-state index in [1.807, 2.05) is 24.4 Å². The van der Waals surface area contributed by atoms with Gasteiger partial charge in [-0.05, 0) is 43.3 Å². The number of sulfonamides is 1. The van der Waals surface area contributed by atoms with E-state index < -0.39 is 10.0 Å². The first kappa shape index (κ1) is 17.1. The second kappa shape index (κ2) is 7.42. The summed E-state index contributed by atoms with van der Waals surface area (Å²) in [6.07, 6.45) is 4.32. The van der Waals surface area contributed by atoms with E-state index in [2.05, 4.69) is 15.5 Å². The molecule has 1 saturated heterocycles. The summed E-state index contributed by atoms with van der Waals surface area (Å²) in [5.41, 5.74) is 3.72. The lowest BCUT2D eigenvalue weighted by Crippen LogP contribution is -2.35. The molecule has 1 fully saturated rings. The van der Waals surface area contributed by atoms with Gasteiger partial charge < -0.3 is 0 Å². The molecule has 1 aliphatic rings. The molecule has 0 radical (unpaired) electrons. The van der Waals surface area contributed by atoms with E-state index in [0.717, 1.165) is 29.9 Å². The van der Waals surface area contributed by atoms with Crippen molar-refractivity contribution in [2.45, 2.75) is 31.1 Å². The molecule has 3 rings (SSSR count). The highest BCUT2D eigenvalue weighted by Crippen LogP contribution is 2.20. The first-order chi connectivity index (χ1) is 11.6. The number of hydrazone groups is 1. The van der Waals surface area contributed by atoms with Crippen molar-refractivity contribution < 1.29 is 8.42 Å². The zero-order valence-corrected chi connectivity index (χ0v) is 15.1. The van der Waals surface area contributed by atoms with Crippen LogP contribution in [-0.4, -0.2) is 36.5 Å². The number of thiophene rings is 1. The van der Waals surface area contributed by atoms with E-state index in [1.54, 1.807) is 27.8 Å². The Labute approximate surface area is 146 Å². The minimum atomic E-state index is -3.44. The minimum Gasteiger partial charge on any atom is -0.261 e. The molecule has 2 aromatic rings. The van der Waals surface area contributed by atoms with Crippen LogP contribution in [0.25, 0.3) is 0 Å². The van der Waals surface area contributed by atoms with Crippen LogP contribution in [0.4, 0.5) is 5.82 Å². The number of hydrogen-bond donors (Lipinski definition) is 1. The third-order valence-corrected chi connectivity index (χ3v) is 6.77. The lowest BCUT2D eigenvalue weighted by atomic mass is 10.2. The van der Waals surface area contributed by atoms with E-state index in [9.17, 15) is 8.42 Å². The van der Waals surface area contributed by atoms with Gasteiger partial charge in [-0.15, -0.1) is 11.3 Å². The van der Waals surface area contributed by atoms with Crippen molar-refractivity contribution in [2.24, 2.45) is 5.10 Å². The Bertz CT molecular complexity index is 793. The quantitative estimate of drug-likeness (QED) is 0.653. The monoisotopic (exact) mass is 364 g/mol. The van der Waals surface area contributed by atoms with E-state index in [-0.39, 0.29) is 4.90 Å². The number of hydrogen-bond acceptors (Lipinski definition) is 6. The second-order valence-electron chi connectivity index (χ2n) is 5.63. The maximum Gasteiger partial charge on any atom is 0.244 e. The standard InChI is InChI=1S/C16H20N4O2S2/c1-13(15-6-5-11-23-15)18-19-16-8-7-14(12-17-16)24(21,22)20-9-3-2-4-10-20/h5-8,11-12H,2-4,9-10H2,1H3,(H,17,19). The highest BCUT2D eigenvalue weighted by atomic mass is 32.2. The molecule has 0 bridgehead atoms. The molecule has 6 nitrogen and oxygen atoms in total. The van der Waals surface area contributed by atoms with Crippen molar-refractivity contribution in [3.8, 4) is 0 Å². The van der Waals surface area contributed by atoms with Gasteiger partial charge in [0.2, 0.25) is 10.0 Å². The van der Waals surface area contributed by atoms with Crippen molar-refractivity contribution in [3.05, 3.63) is 40.7 Å². The zero-order chi connectivity index (χ0) is 17.0. The fourth-order valence-corrected chi connectivity index (χ4v) is 4.67. The summed E-state index contributed by atoms with van der Waals surface area (Å²) >= 11 is 1.61. The van der Waals surface area contributed by atoms with Gasteiger partial charge in [0.05, 0.1) is 5.71 Å². The number of pyridine rings is 1. The number of nitrogens with one attached hydrogen (secondary N) is 1. The molecule has 0 aromatic carbocycles. The summed E-state index contributed by atoms with van der Waals surface area (Å²) in [4.78, 5) is 5.48. The van der Waals surface area contributed by atoms with Crippen LogP contribution >= 0.6 is 11.3 Å². The van der Waals surface area contributed by atoms with Gasteiger partial charge in [-0.25, -0.2) is 13.4 Å². The smallest absolute Gasteiger partial charge is 0.244 e. The summed E-state index contributed by atoms with van der Waals surface area (Å²) in [6, 6.07) is 7.18. The number of anilines is 1. The Kier molecular flexibility index (Phi) is 5.27. The molecule has 0 atom stereocenters. The SMILES string of the molecule is CC(=NNc1ccc(S(=O)(=O)N2CCCCC2)cn1)c1cccs1. The normalized spacial score (nSPS) is 17.0. The second-order valence-corrected chi connectivity index (χ2v) is 8.52. The first-order valence-corrected chi connectivity index (χ1v) is 10.2. The molecule has 0 saturated carbocycles. The molecular formula is C16H20N4O2S2. The van der Waals surface area contributed by atoms with E-state index in [4.69, 9.17) is 0 Å². The Balaban J connectivity index is 1.70. The maximum atomic E-state index is 12.6. The predicted octanol–water partition coefficient (Wildman–Crippen LogP) is 3.15. The summed E-state index contributed by atoms with van der Waals surface area (Å²) in [5, 5.41) is 6.27. The molecule has 128 valence electrons. The van der Waals surface area contributed by atoms with E-state index in [1.165, 1.54) is 6.20 Å². The van der Waals surface area contributed by atoms with E-state index in [0.29, 0.717) is 18.9 Å². The summed E-state index contributed by atoms with van der Waals surface area (Å²) < 4.78 is 26.7. The molecule has 3 heterocycles. The summed E-state index contributed by atoms with van der Waals surface area (Å²) in [7, 11) is -3.44.